The quantitative estimate of drug-likeness (QED) is 0.322. The maximum Gasteiger partial charge on any atom is 0.180 e. The summed E-state index contributed by atoms with van der Waals surface area (Å²) >= 11 is 0. The molecule has 0 heterocycles. The molecule has 0 unspecified atom stereocenters. The normalized spacial score (nSPS) is 10.4. The van der Waals surface area contributed by atoms with Gasteiger partial charge in [0.1, 0.15) is 0 Å². The highest BCUT2D eigenvalue weighted by atomic mass is 16.6. The Balaban J connectivity index is 1.56. The standard InChI is InChI=1S/C23H24N2O2/c26-18-21-12-7-13-22(24-16-14-19-8-3-1-4-9-19)23(21)27-25-17-15-20-10-5-2-6-11-20/h1-13,18,24-25H,14-17H2. The van der Waals surface area contributed by atoms with Gasteiger partial charge in [0.2, 0.25) is 0 Å². The van der Waals surface area contributed by atoms with Crippen LogP contribution in [-0.4, -0.2) is 19.4 Å². The van der Waals surface area contributed by atoms with Gasteiger partial charge < -0.3 is 10.2 Å². The number of aldehydes is 1. The van der Waals surface area contributed by atoms with Crippen LogP contribution in [0.15, 0.2) is 78.9 Å². The Kier molecular flexibility index (Phi) is 7.01. The van der Waals surface area contributed by atoms with Gasteiger partial charge in [0.05, 0.1) is 11.3 Å². The SMILES string of the molecule is O=Cc1cccc(NCCc2ccccc2)c1ONCCc1ccccc1. The molecule has 0 aliphatic carbocycles. The van der Waals surface area contributed by atoms with Gasteiger partial charge in [0, 0.05) is 13.1 Å². The van der Waals surface area contributed by atoms with Gasteiger partial charge >= 0.3 is 0 Å². The largest absolute Gasteiger partial charge is 0.406 e. The molecule has 0 atom stereocenters. The summed E-state index contributed by atoms with van der Waals surface area (Å²) in [4.78, 5) is 17.1. The second-order valence-electron chi connectivity index (χ2n) is 6.24. The van der Waals surface area contributed by atoms with Crippen LogP contribution in [0.3, 0.4) is 0 Å². The molecule has 0 aliphatic rings. The summed E-state index contributed by atoms with van der Waals surface area (Å²) < 4.78 is 0. The number of hydrogen-bond donors (Lipinski definition) is 2. The number of rotatable bonds is 10. The van der Waals surface area contributed by atoms with Crippen LogP contribution in [0.1, 0.15) is 21.5 Å². The highest BCUT2D eigenvalue weighted by Gasteiger charge is 2.10. The third-order valence-corrected chi connectivity index (χ3v) is 4.28. The second-order valence-corrected chi connectivity index (χ2v) is 6.24. The minimum absolute atomic E-state index is 0.520. The molecule has 0 saturated heterocycles. The molecule has 0 aromatic heterocycles. The van der Waals surface area contributed by atoms with E-state index in [1.807, 2.05) is 48.5 Å². The molecule has 0 bridgehead atoms. The summed E-state index contributed by atoms with van der Waals surface area (Å²) in [7, 11) is 0. The molecular weight excluding hydrogens is 336 g/mol. The summed E-state index contributed by atoms with van der Waals surface area (Å²) in [5.74, 6) is 0.536. The van der Waals surface area contributed by atoms with E-state index in [1.165, 1.54) is 11.1 Å². The predicted octanol–water partition coefficient (Wildman–Crippen LogP) is 4.28. The van der Waals surface area contributed by atoms with Gasteiger partial charge in [0.25, 0.3) is 0 Å². The Labute approximate surface area is 160 Å². The van der Waals surface area contributed by atoms with Crippen LogP contribution in [0.2, 0.25) is 0 Å². The number of carbonyl (C=O) groups excluding carboxylic acids is 1. The fraction of sp³-hybridized carbons (Fsp3) is 0.174. The van der Waals surface area contributed by atoms with Crippen molar-refractivity contribution in [1.82, 2.24) is 5.48 Å². The van der Waals surface area contributed by atoms with Crippen LogP contribution in [0.25, 0.3) is 0 Å². The summed E-state index contributed by atoms with van der Waals surface area (Å²) in [6.45, 7) is 1.41. The Morgan fingerprint density at radius 3 is 2.00 bits per heavy atom. The summed E-state index contributed by atoms with van der Waals surface area (Å²) in [5, 5.41) is 3.37. The molecule has 3 aromatic rings. The number of benzene rings is 3. The van der Waals surface area contributed by atoms with Crippen LogP contribution in [-0.2, 0) is 12.8 Å². The molecule has 0 saturated carbocycles. The van der Waals surface area contributed by atoms with E-state index in [2.05, 4.69) is 35.1 Å². The summed E-state index contributed by atoms with van der Waals surface area (Å²) in [6.07, 6.45) is 2.56. The van der Waals surface area contributed by atoms with Gasteiger partial charge in [-0.1, -0.05) is 66.7 Å². The Morgan fingerprint density at radius 2 is 1.37 bits per heavy atom. The van der Waals surface area contributed by atoms with Gasteiger partial charge in [-0.3, -0.25) is 4.79 Å². The molecule has 2 N–H and O–H groups in total. The monoisotopic (exact) mass is 360 g/mol. The average molecular weight is 360 g/mol. The van der Waals surface area contributed by atoms with Crippen molar-refractivity contribution in [3.63, 3.8) is 0 Å². The fourth-order valence-electron chi connectivity index (χ4n) is 2.85. The first-order chi connectivity index (χ1) is 13.4. The number of hydroxylamine groups is 1. The van der Waals surface area contributed by atoms with E-state index in [0.717, 1.165) is 31.4 Å². The Bertz CT molecular complexity index is 836. The lowest BCUT2D eigenvalue weighted by Gasteiger charge is -2.15. The van der Waals surface area contributed by atoms with Crippen molar-refractivity contribution in [2.45, 2.75) is 12.8 Å². The molecule has 27 heavy (non-hydrogen) atoms. The first-order valence-corrected chi connectivity index (χ1v) is 9.16. The van der Waals surface area contributed by atoms with Crippen LogP contribution in [0.4, 0.5) is 5.69 Å². The maximum absolute atomic E-state index is 11.4. The van der Waals surface area contributed by atoms with Crippen LogP contribution < -0.4 is 15.6 Å². The van der Waals surface area contributed by atoms with Crippen molar-refractivity contribution in [3.05, 3.63) is 95.6 Å². The number of nitrogens with one attached hydrogen (secondary N) is 2. The second kappa shape index (κ2) is 10.1. The summed E-state index contributed by atoms with van der Waals surface area (Å²) in [5.41, 5.74) is 6.80. The predicted molar refractivity (Wildman–Crippen MR) is 109 cm³/mol. The van der Waals surface area contributed by atoms with Crippen molar-refractivity contribution in [2.24, 2.45) is 0 Å². The van der Waals surface area contributed by atoms with E-state index in [9.17, 15) is 4.79 Å². The molecule has 0 amide bonds. The minimum atomic E-state index is 0.520. The van der Waals surface area contributed by atoms with Gasteiger partial charge in [-0.15, -0.1) is 0 Å². The Morgan fingerprint density at radius 1 is 0.741 bits per heavy atom. The highest BCUT2D eigenvalue weighted by molar-refractivity contribution is 5.83. The maximum atomic E-state index is 11.4. The third-order valence-electron chi connectivity index (χ3n) is 4.28. The van der Waals surface area contributed by atoms with Gasteiger partial charge in [-0.2, -0.15) is 5.48 Å². The molecule has 0 fully saturated rings. The zero-order valence-corrected chi connectivity index (χ0v) is 15.2. The molecular formula is C23H24N2O2. The molecule has 3 aromatic carbocycles. The molecule has 0 aliphatic heterocycles. The highest BCUT2D eigenvalue weighted by Crippen LogP contribution is 2.27. The zero-order valence-electron chi connectivity index (χ0n) is 15.2. The van der Waals surface area contributed by atoms with Crippen molar-refractivity contribution >= 4 is 12.0 Å². The molecule has 0 radical (unpaired) electrons. The van der Waals surface area contributed by atoms with Crippen LogP contribution >= 0.6 is 0 Å². The molecule has 0 spiro atoms. The first kappa shape index (κ1) is 18.7. The number of para-hydroxylation sites is 1. The van der Waals surface area contributed by atoms with Crippen LogP contribution in [0, 0.1) is 0 Å². The molecule has 138 valence electrons. The van der Waals surface area contributed by atoms with Crippen molar-refractivity contribution < 1.29 is 9.63 Å². The number of carbonyl (C=O) groups is 1. The van der Waals surface area contributed by atoms with E-state index >= 15 is 0 Å². The third kappa shape index (κ3) is 5.69. The number of hydrogen-bond acceptors (Lipinski definition) is 4. The molecule has 4 nitrogen and oxygen atoms in total. The van der Waals surface area contributed by atoms with Crippen molar-refractivity contribution in [2.75, 3.05) is 18.4 Å². The molecule has 3 rings (SSSR count). The van der Waals surface area contributed by atoms with Crippen LogP contribution in [0.5, 0.6) is 5.75 Å². The van der Waals surface area contributed by atoms with Crippen molar-refractivity contribution in [3.8, 4) is 5.75 Å². The minimum Gasteiger partial charge on any atom is -0.406 e. The van der Waals surface area contributed by atoms with E-state index in [0.29, 0.717) is 17.9 Å². The zero-order chi connectivity index (χ0) is 18.7. The Hall–Kier alpha value is -3.11. The molecule has 4 heteroatoms. The lowest BCUT2D eigenvalue weighted by atomic mass is 10.1. The van der Waals surface area contributed by atoms with Gasteiger partial charge in [-0.05, 0) is 36.1 Å². The van der Waals surface area contributed by atoms with Gasteiger partial charge in [-0.25, -0.2) is 0 Å². The van der Waals surface area contributed by atoms with E-state index in [1.54, 1.807) is 6.07 Å². The lowest BCUT2D eigenvalue weighted by molar-refractivity contribution is 0.111. The number of anilines is 1. The lowest BCUT2D eigenvalue weighted by Crippen LogP contribution is -2.23. The van der Waals surface area contributed by atoms with Crippen molar-refractivity contribution in [1.29, 1.82) is 0 Å². The smallest absolute Gasteiger partial charge is 0.180 e. The van der Waals surface area contributed by atoms with Gasteiger partial charge in [0.15, 0.2) is 12.0 Å². The van der Waals surface area contributed by atoms with E-state index in [-0.39, 0.29) is 0 Å². The average Bonchev–Trinajstić information content (AvgIpc) is 2.73. The topological polar surface area (TPSA) is 50.4 Å². The van der Waals surface area contributed by atoms with E-state index in [4.69, 9.17) is 4.84 Å². The summed E-state index contributed by atoms with van der Waals surface area (Å²) in [6, 6.07) is 26.0. The van der Waals surface area contributed by atoms with E-state index < -0.39 is 0 Å². The fourth-order valence-corrected chi connectivity index (χ4v) is 2.85. The first-order valence-electron chi connectivity index (χ1n) is 9.16.